The van der Waals surface area contributed by atoms with Gasteiger partial charge in [-0.05, 0) is 37.0 Å². The minimum absolute atomic E-state index is 0.0262. The van der Waals surface area contributed by atoms with E-state index in [1.807, 2.05) is 29.2 Å². The lowest BCUT2D eigenvalue weighted by molar-refractivity contribution is -0.138. The Morgan fingerprint density at radius 2 is 2.19 bits per heavy atom. The molecule has 2 unspecified atom stereocenters. The molecule has 2 aliphatic rings. The van der Waals surface area contributed by atoms with E-state index < -0.39 is 5.54 Å². The molecule has 2 saturated heterocycles. The molecule has 0 aliphatic carbocycles. The number of ether oxygens (including phenoxy) is 2. The van der Waals surface area contributed by atoms with Gasteiger partial charge in [0.25, 0.3) is 0 Å². The van der Waals surface area contributed by atoms with E-state index in [1.165, 1.54) is 0 Å². The van der Waals surface area contributed by atoms with Gasteiger partial charge in [-0.3, -0.25) is 4.79 Å². The molecule has 0 spiro atoms. The molecule has 1 aromatic carbocycles. The maximum Gasteiger partial charge on any atom is 0.245 e. The fourth-order valence-corrected chi connectivity index (χ4v) is 3.22. The number of benzene rings is 1. The van der Waals surface area contributed by atoms with Gasteiger partial charge in [-0.2, -0.15) is 0 Å². The molecule has 3 rings (SSSR count). The van der Waals surface area contributed by atoms with Gasteiger partial charge in [0.1, 0.15) is 11.3 Å². The summed E-state index contributed by atoms with van der Waals surface area (Å²) in [7, 11) is 1.65. The molecule has 1 amide bonds. The van der Waals surface area contributed by atoms with Gasteiger partial charge < -0.3 is 20.1 Å². The molecule has 2 heterocycles. The van der Waals surface area contributed by atoms with Crippen LogP contribution >= 0.6 is 0 Å². The summed E-state index contributed by atoms with van der Waals surface area (Å²) in [6, 6.07) is 8.05. The Labute approximate surface area is 125 Å². The molecule has 0 aromatic heterocycles. The van der Waals surface area contributed by atoms with Crippen LogP contribution in [0, 0.1) is 0 Å². The molecular formula is C16H22N2O3. The van der Waals surface area contributed by atoms with Crippen molar-refractivity contribution in [2.45, 2.75) is 30.8 Å². The smallest absolute Gasteiger partial charge is 0.245 e. The van der Waals surface area contributed by atoms with E-state index in [0.29, 0.717) is 19.6 Å². The zero-order valence-electron chi connectivity index (χ0n) is 12.4. The fourth-order valence-electron chi connectivity index (χ4n) is 3.22. The van der Waals surface area contributed by atoms with Crippen molar-refractivity contribution in [2.24, 2.45) is 5.73 Å². The third-order valence-electron chi connectivity index (χ3n) is 4.49. The molecule has 0 bridgehead atoms. The highest BCUT2D eigenvalue weighted by Gasteiger charge is 2.44. The van der Waals surface area contributed by atoms with Crippen molar-refractivity contribution in [1.82, 2.24) is 4.90 Å². The SMILES string of the molecule is COc1ccc(C2CCCN2C(=O)C2(N)CCOC2)cc1. The van der Waals surface area contributed by atoms with Crippen LogP contribution in [0.5, 0.6) is 5.75 Å². The number of rotatable bonds is 3. The molecule has 5 nitrogen and oxygen atoms in total. The topological polar surface area (TPSA) is 64.8 Å². The van der Waals surface area contributed by atoms with E-state index in [1.54, 1.807) is 7.11 Å². The second kappa shape index (κ2) is 5.66. The van der Waals surface area contributed by atoms with Crippen molar-refractivity contribution in [2.75, 3.05) is 26.9 Å². The van der Waals surface area contributed by atoms with E-state index in [4.69, 9.17) is 15.2 Å². The zero-order chi connectivity index (χ0) is 14.9. The first-order valence-electron chi connectivity index (χ1n) is 7.46. The molecule has 5 heteroatoms. The van der Waals surface area contributed by atoms with E-state index in [-0.39, 0.29) is 11.9 Å². The van der Waals surface area contributed by atoms with Gasteiger partial charge in [-0.15, -0.1) is 0 Å². The summed E-state index contributed by atoms with van der Waals surface area (Å²) in [5.41, 5.74) is 6.54. The number of methoxy groups -OCH3 is 1. The Morgan fingerprint density at radius 3 is 2.81 bits per heavy atom. The number of nitrogens with zero attached hydrogens (tertiary/aromatic N) is 1. The lowest BCUT2D eigenvalue weighted by Gasteiger charge is -2.32. The minimum atomic E-state index is -0.838. The van der Waals surface area contributed by atoms with Crippen LogP contribution in [0.3, 0.4) is 0 Å². The van der Waals surface area contributed by atoms with Gasteiger partial charge in [-0.25, -0.2) is 0 Å². The Balaban J connectivity index is 1.79. The van der Waals surface area contributed by atoms with Gasteiger partial charge >= 0.3 is 0 Å². The molecule has 21 heavy (non-hydrogen) atoms. The van der Waals surface area contributed by atoms with Crippen molar-refractivity contribution in [3.05, 3.63) is 29.8 Å². The van der Waals surface area contributed by atoms with Crippen molar-refractivity contribution >= 4 is 5.91 Å². The van der Waals surface area contributed by atoms with Crippen molar-refractivity contribution < 1.29 is 14.3 Å². The molecule has 0 saturated carbocycles. The number of hydrogen-bond acceptors (Lipinski definition) is 4. The highest BCUT2D eigenvalue weighted by Crippen LogP contribution is 2.35. The summed E-state index contributed by atoms with van der Waals surface area (Å²) in [4.78, 5) is 14.7. The maximum absolute atomic E-state index is 12.8. The first-order valence-corrected chi connectivity index (χ1v) is 7.46. The fraction of sp³-hybridized carbons (Fsp3) is 0.562. The van der Waals surface area contributed by atoms with Gasteiger partial charge in [0.05, 0.1) is 19.8 Å². The Kier molecular flexibility index (Phi) is 3.87. The first kappa shape index (κ1) is 14.4. The maximum atomic E-state index is 12.8. The third kappa shape index (κ3) is 2.63. The van der Waals surface area contributed by atoms with Crippen LogP contribution in [-0.2, 0) is 9.53 Å². The molecule has 2 N–H and O–H groups in total. The van der Waals surface area contributed by atoms with Crippen LogP contribution in [0.1, 0.15) is 30.9 Å². The Hall–Kier alpha value is -1.59. The van der Waals surface area contributed by atoms with Crippen molar-refractivity contribution in [3.8, 4) is 5.75 Å². The van der Waals surface area contributed by atoms with E-state index in [9.17, 15) is 4.79 Å². The molecule has 114 valence electrons. The average Bonchev–Trinajstić information content (AvgIpc) is 3.16. The zero-order valence-corrected chi connectivity index (χ0v) is 12.4. The number of hydrogen-bond donors (Lipinski definition) is 1. The number of amides is 1. The Morgan fingerprint density at radius 1 is 1.43 bits per heavy atom. The lowest BCUT2D eigenvalue weighted by Crippen LogP contribution is -2.55. The van der Waals surface area contributed by atoms with Crippen molar-refractivity contribution in [3.63, 3.8) is 0 Å². The number of carbonyl (C=O) groups excluding carboxylic acids is 1. The molecule has 2 aliphatic heterocycles. The first-order chi connectivity index (χ1) is 10.1. The van der Waals surface area contributed by atoms with E-state index >= 15 is 0 Å². The van der Waals surface area contributed by atoms with Gasteiger partial charge in [0.15, 0.2) is 0 Å². The third-order valence-corrected chi connectivity index (χ3v) is 4.49. The summed E-state index contributed by atoms with van der Waals surface area (Å²) in [5, 5.41) is 0. The van der Waals surface area contributed by atoms with Crippen molar-refractivity contribution in [1.29, 1.82) is 0 Å². The van der Waals surface area contributed by atoms with Gasteiger partial charge in [0, 0.05) is 13.2 Å². The van der Waals surface area contributed by atoms with Crippen LogP contribution in [-0.4, -0.2) is 43.2 Å². The number of nitrogens with two attached hydrogens (primary N) is 1. The molecule has 2 atom stereocenters. The summed E-state index contributed by atoms with van der Waals surface area (Å²) in [6.07, 6.45) is 2.60. The van der Waals surface area contributed by atoms with Gasteiger partial charge in [0.2, 0.25) is 5.91 Å². The normalized spacial score (nSPS) is 28.9. The Bertz CT molecular complexity index is 509. The summed E-state index contributed by atoms with van der Waals surface area (Å²) in [5.74, 6) is 0.854. The quantitative estimate of drug-likeness (QED) is 0.915. The minimum Gasteiger partial charge on any atom is -0.497 e. The molecule has 1 aromatic rings. The lowest BCUT2D eigenvalue weighted by atomic mass is 9.96. The average molecular weight is 290 g/mol. The van der Waals surface area contributed by atoms with E-state index in [2.05, 4.69) is 0 Å². The predicted molar refractivity (Wildman–Crippen MR) is 79.0 cm³/mol. The van der Waals surface area contributed by atoms with E-state index in [0.717, 1.165) is 30.7 Å². The van der Waals surface area contributed by atoms with Gasteiger partial charge in [-0.1, -0.05) is 12.1 Å². The summed E-state index contributed by atoms with van der Waals surface area (Å²) >= 11 is 0. The van der Waals surface area contributed by atoms with Crippen LogP contribution < -0.4 is 10.5 Å². The predicted octanol–water partition coefficient (Wildman–Crippen LogP) is 1.48. The monoisotopic (exact) mass is 290 g/mol. The molecular weight excluding hydrogens is 268 g/mol. The number of likely N-dealkylation sites (tertiary alicyclic amines) is 1. The van der Waals surface area contributed by atoms with Crippen LogP contribution in [0.4, 0.5) is 0 Å². The highest BCUT2D eigenvalue weighted by atomic mass is 16.5. The van der Waals surface area contributed by atoms with Crippen LogP contribution in [0.15, 0.2) is 24.3 Å². The van der Waals surface area contributed by atoms with Crippen LogP contribution in [0.25, 0.3) is 0 Å². The second-order valence-corrected chi connectivity index (χ2v) is 5.89. The highest BCUT2D eigenvalue weighted by molar-refractivity contribution is 5.87. The second-order valence-electron chi connectivity index (χ2n) is 5.89. The standard InChI is InChI=1S/C16H22N2O3/c1-20-13-6-4-12(5-7-13)14-3-2-9-18(14)15(19)16(17)8-10-21-11-16/h4-7,14H,2-3,8-11,17H2,1H3. The summed E-state index contributed by atoms with van der Waals surface area (Å²) < 4.78 is 10.5. The molecule has 0 radical (unpaired) electrons. The summed E-state index contributed by atoms with van der Waals surface area (Å²) in [6.45, 7) is 1.68. The molecule has 2 fully saturated rings. The largest absolute Gasteiger partial charge is 0.497 e. The number of carbonyl (C=O) groups is 1. The van der Waals surface area contributed by atoms with Crippen LogP contribution in [0.2, 0.25) is 0 Å².